The molecule has 0 saturated carbocycles. The van der Waals surface area contributed by atoms with Crippen molar-refractivity contribution in [2.75, 3.05) is 22.0 Å². The van der Waals surface area contributed by atoms with Crippen LogP contribution >= 0.6 is 0 Å². The van der Waals surface area contributed by atoms with Gasteiger partial charge in [0.1, 0.15) is 0 Å². The number of nitrogens with one attached hydrogen (secondary N) is 2. The smallest absolute Gasteiger partial charge is 0.256 e. The second-order valence-corrected chi connectivity index (χ2v) is 9.75. The van der Waals surface area contributed by atoms with Crippen molar-refractivity contribution < 1.29 is 21.6 Å². The minimum absolute atomic E-state index is 0.0348. The van der Waals surface area contributed by atoms with E-state index in [-0.39, 0.29) is 16.2 Å². The Morgan fingerprint density at radius 1 is 1.04 bits per heavy atom. The SMILES string of the molecule is CCS(=O)(=O)c1ccccc1C(=O)Nc1ccc(C)c(NS(C)(=O)=O)c1. The van der Waals surface area contributed by atoms with Crippen LogP contribution in [0.25, 0.3) is 0 Å². The molecule has 0 saturated heterocycles. The first-order valence-electron chi connectivity index (χ1n) is 7.75. The van der Waals surface area contributed by atoms with Gasteiger partial charge in [0.25, 0.3) is 5.91 Å². The zero-order chi connectivity index (χ0) is 19.5. The Kier molecular flexibility index (Phi) is 5.72. The Labute approximate surface area is 153 Å². The van der Waals surface area contributed by atoms with Crippen molar-refractivity contribution in [2.24, 2.45) is 0 Å². The summed E-state index contributed by atoms with van der Waals surface area (Å²) in [6, 6.07) is 10.7. The first kappa shape index (κ1) is 19.9. The lowest BCUT2D eigenvalue weighted by molar-refractivity contribution is 0.102. The molecule has 2 N–H and O–H groups in total. The summed E-state index contributed by atoms with van der Waals surface area (Å²) in [7, 11) is -7.03. The summed E-state index contributed by atoms with van der Waals surface area (Å²) in [4.78, 5) is 12.5. The van der Waals surface area contributed by atoms with Crippen LogP contribution in [0.3, 0.4) is 0 Å². The van der Waals surface area contributed by atoms with Gasteiger partial charge in [0.15, 0.2) is 9.84 Å². The third-order valence-corrected chi connectivity index (χ3v) is 6.01. The van der Waals surface area contributed by atoms with Crippen molar-refractivity contribution in [1.82, 2.24) is 0 Å². The summed E-state index contributed by atoms with van der Waals surface area (Å²) in [5.41, 5.74) is 1.39. The highest BCUT2D eigenvalue weighted by Crippen LogP contribution is 2.23. The maximum Gasteiger partial charge on any atom is 0.256 e. The molecule has 0 fully saturated rings. The van der Waals surface area contributed by atoms with Gasteiger partial charge in [-0.25, -0.2) is 16.8 Å². The van der Waals surface area contributed by atoms with E-state index in [4.69, 9.17) is 0 Å². The minimum atomic E-state index is -3.56. The van der Waals surface area contributed by atoms with E-state index in [2.05, 4.69) is 10.0 Å². The number of amides is 1. The highest BCUT2D eigenvalue weighted by Gasteiger charge is 2.20. The third-order valence-electron chi connectivity index (χ3n) is 3.64. The quantitative estimate of drug-likeness (QED) is 0.779. The van der Waals surface area contributed by atoms with Gasteiger partial charge in [-0.3, -0.25) is 9.52 Å². The van der Waals surface area contributed by atoms with Gasteiger partial charge < -0.3 is 5.32 Å². The van der Waals surface area contributed by atoms with Crippen molar-refractivity contribution >= 4 is 37.1 Å². The Balaban J connectivity index is 2.36. The number of rotatable bonds is 6. The molecule has 0 heterocycles. The third kappa shape index (κ3) is 4.83. The summed E-state index contributed by atoms with van der Waals surface area (Å²) in [6.45, 7) is 3.23. The van der Waals surface area contributed by atoms with Crippen LogP contribution < -0.4 is 10.0 Å². The number of anilines is 2. The molecule has 0 aliphatic rings. The Morgan fingerprint density at radius 3 is 2.31 bits per heavy atom. The molecule has 1 amide bonds. The number of hydrogen-bond acceptors (Lipinski definition) is 5. The fraction of sp³-hybridized carbons (Fsp3) is 0.235. The zero-order valence-electron chi connectivity index (χ0n) is 14.6. The molecule has 2 aromatic rings. The Hall–Kier alpha value is -2.39. The standard InChI is InChI=1S/C17H20N2O5S2/c1-4-26(23,24)16-8-6-5-7-14(16)17(20)18-13-10-9-12(2)15(11-13)19-25(3,21)22/h5-11,19H,4H2,1-3H3,(H,18,20). The molecule has 0 aliphatic carbocycles. The summed E-state index contributed by atoms with van der Waals surface area (Å²) >= 11 is 0. The average molecular weight is 396 g/mol. The predicted octanol–water partition coefficient (Wildman–Crippen LogP) is 2.41. The molecular formula is C17H20N2O5S2. The van der Waals surface area contributed by atoms with Crippen LogP contribution in [0, 0.1) is 6.92 Å². The van der Waals surface area contributed by atoms with Crippen molar-refractivity contribution in [3.05, 3.63) is 53.6 Å². The summed E-state index contributed by atoms with van der Waals surface area (Å²) < 4.78 is 49.6. The van der Waals surface area contributed by atoms with Crippen LogP contribution in [-0.2, 0) is 19.9 Å². The molecule has 0 unspecified atom stereocenters. The number of aryl methyl sites for hydroxylation is 1. The summed E-state index contributed by atoms with van der Waals surface area (Å²) in [5, 5.41) is 2.61. The molecular weight excluding hydrogens is 376 g/mol. The number of carbonyl (C=O) groups excluding carboxylic acids is 1. The van der Waals surface area contributed by atoms with Gasteiger partial charge in [-0.2, -0.15) is 0 Å². The molecule has 0 radical (unpaired) electrons. The van der Waals surface area contributed by atoms with Crippen LogP contribution in [0.4, 0.5) is 11.4 Å². The van der Waals surface area contributed by atoms with E-state index in [0.717, 1.165) is 6.26 Å². The Morgan fingerprint density at radius 2 is 1.69 bits per heavy atom. The van der Waals surface area contributed by atoms with Gasteiger partial charge >= 0.3 is 0 Å². The molecule has 0 aromatic heterocycles. The van der Waals surface area contributed by atoms with E-state index < -0.39 is 25.8 Å². The van der Waals surface area contributed by atoms with E-state index in [1.165, 1.54) is 25.1 Å². The van der Waals surface area contributed by atoms with Crippen LogP contribution in [0.2, 0.25) is 0 Å². The molecule has 9 heteroatoms. The van der Waals surface area contributed by atoms with Crippen molar-refractivity contribution in [3.63, 3.8) is 0 Å². The predicted molar refractivity (Wildman–Crippen MR) is 102 cm³/mol. The molecule has 0 bridgehead atoms. The largest absolute Gasteiger partial charge is 0.322 e. The van der Waals surface area contributed by atoms with Crippen LogP contribution in [0.1, 0.15) is 22.8 Å². The number of sulfonamides is 1. The Bertz CT molecular complexity index is 1040. The maximum atomic E-state index is 12.6. The average Bonchev–Trinajstić information content (AvgIpc) is 2.56. The zero-order valence-corrected chi connectivity index (χ0v) is 16.2. The molecule has 0 atom stereocenters. The van der Waals surface area contributed by atoms with E-state index in [0.29, 0.717) is 16.9 Å². The van der Waals surface area contributed by atoms with Gasteiger partial charge in [-0.15, -0.1) is 0 Å². The lowest BCUT2D eigenvalue weighted by Crippen LogP contribution is -2.17. The fourth-order valence-electron chi connectivity index (χ4n) is 2.29. The van der Waals surface area contributed by atoms with Gasteiger partial charge in [0.2, 0.25) is 10.0 Å². The van der Waals surface area contributed by atoms with Crippen LogP contribution in [0.15, 0.2) is 47.4 Å². The second-order valence-electron chi connectivity index (χ2n) is 5.76. The number of hydrogen-bond donors (Lipinski definition) is 2. The summed E-state index contributed by atoms with van der Waals surface area (Å²) in [5.74, 6) is -0.712. The van der Waals surface area contributed by atoms with Crippen molar-refractivity contribution in [3.8, 4) is 0 Å². The summed E-state index contributed by atoms with van der Waals surface area (Å²) in [6.07, 6.45) is 1.03. The van der Waals surface area contributed by atoms with E-state index in [1.54, 1.807) is 31.2 Å². The fourth-order valence-corrected chi connectivity index (χ4v) is 4.00. The van der Waals surface area contributed by atoms with Crippen LogP contribution in [0.5, 0.6) is 0 Å². The highest BCUT2D eigenvalue weighted by molar-refractivity contribution is 7.92. The van der Waals surface area contributed by atoms with Gasteiger partial charge in [-0.05, 0) is 36.8 Å². The number of sulfone groups is 1. The molecule has 0 aliphatic heterocycles. The van der Waals surface area contributed by atoms with Gasteiger partial charge in [-0.1, -0.05) is 25.1 Å². The molecule has 2 aromatic carbocycles. The first-order valence-corrected chi connectivity index (χ1v) is 11.3. The monoisotopic (exact) mass is 396 g/mol. The molecule has 2 rings (SSSR count). The van der Waals surface area contributed by atoms with Crippen molar-refractivity contribution in [1.29, 1.82) is 0 Å². The van der Waals surface area contributed by atoms with Gasteiger partial charge in [0, 0.05) is 5.69 Å². The molecule has 7 nitrogen and oxygen atoms in total. The normalized spacial score (nSPS) is 11.8. The highest BCUT2D eigenvalue weighted by atomic mass is 32.2. The first-order chi connectivity index (χ1) is 12.0. The minimum Gasteiger partial charge on any atom is -0.322 e. The van der Waals surface area contributed by atoms with Crippen molar-refractivity contribution in [2.45, 2.75) is 18.7 Å². The molecule has 140 valence electrons. The molecule has 0 spiro atoms. The molecule has 26 heavy (non-hydrogen) atoms. The topological polar surface area (TPSA) is 109 Å². The number of benzene rings is 2. The lowest BCUT2D eigenvalue weighted by Gasteiger charge is -2.13. The second kappa shape index (κ2) is 7.46. The number of carbonyl (C=O) groups is 1. The maximum absolute atomic E-state index is 12.6. The van der Waals surface area contributed by atoms with E-state index in [1.807, 2.05) is 0 Å². The van der Waals surface area contributed by atoms with Crippen LogP contribution in [-0.4, -0.2) is 34.8 Å². The van der Waals surface area contributed by atoms with E-state index >= 15 is 0 Å². The lowest BCUT2D eigenvalue weighted by atomic mass is 10.1. The van der Waals surface area contributed by atoms with Gasteiger partial charge in [0.05, 0.1) is 28.2 Å². The van der Waals surface area contributed by atoms with E-state index in [9.17, 15) is 21.6 Å².